The molecule has 0 radical (unpaired) electrons. The predicted octanol–water partition coefficient (Wildman–Crippen LogP) is 2.95. The molecule has 1 heterocycles. The number of piperazine rings is 1. The van der Waals surface area contributed by atoms with Gasteiger partial charge in [-0.3, -0.25) is 19.4 Å². The molecule has 0 saturated carbocycles. The van der Waals surface area contributed by atoms with Crippen LogP contribution in [0.4, 0.5) is 17.1 Å². The van der Waals surface area contributed by atoms with Crippen LogP contribution in [-0.2, 0) is 9.59 Å². The van der Waals surface area contributed by atoms with Gasteiger partial charge in [-0.1, -0.05) is 25.1 Å². The number of hydrogen-bond donors (Lipinski definition) is 1. The fraction of sp³-hybridized carbons (Fsp3) is 0.364. The summed E-state index contributed by atoms with van der Waals surface area (Å²) in [4.78, 5) is 31.0. The molecule has 28 heavy (non-hydrogen) atoms. The minimum absolute atomic E-state index is 0.0289. The lowest BCUT2D eigenvalue weighted by Gasteiger charge is -2.33. The zero-order valence-corrected chi connectivity index (χ0v) is 16.6. The fourth-order valence-electron chi connectivity index (χ4n) is 3.23. The Morgan fingerprint density at radius 3 is 2.14 bits per heavy atom. The van der Waals surface area contributed by atoms with Crippen LogP contribution in [0.3, 0.4) is 0 Å². The summed E-state index contributed by atoms with van der Waals surface area (Å²) in [5.74, 6) is 0.0138. The fourth-order valence-corrected chi connectivity index (χ4v) is 3.23. The summed E-state index contributed by atoms with van der Waals surface area (Å²) in [6.07, 6.45) is 0.432. The molecule has 0 unspecified atom stereocenters. The van der Waals surface area contributed by atoms with Crippen molar-refractivity contribution >= 4 is 28.9 Å². The van der Waals surface area contributed by atoms with E-state index in [-0.39, 0.29) is 11.8 Å². The molecule has 0 aliphatic carbocycles. The summed E-state index contributed by atoms with van der Waals surface area (Å²) < 4.78 is 0. The molecule has 2 amide bonds. The molecule has 1 aliphatic heterocycles. The van der Waals surface area contributed by atoms with Gasteiger partial charge in [0.05, 0.1) is 6.54 Å². The smallest absolute Gasteiger partial charge is 0.245 e. The average Bonchev–Trinajstić information content (AvgIpc) is 2.72. The summed E-state index contributed by atoms with van der Waals surface area (Å²) in [6, 6.07) is 17.1. The Hall–Kier alpha value is -2.70. The van der Waals surface area contributed by atoms with Gasteiger partial charge in [0, 0.05) is 49.7 Å². The minimum atomic E-state index is -0.0289. The highest BCUT2D eigenvalue weighted by molar-refractivity contribution is 6.02. The molecule has 0 spiro atoms. The molecule has 2 aromatic rings. The van der Waals surface area contributed by atoms with E-state index < -0.39 is 0 Å². The zero-order chi connectivity index (χ0) is 19.9. The van der Waals surface area contributed by atoms with Crippen molar-refractivity contribution < 1.29 is 9.59 Å². The Bertz CT molecular complexity index is 784. The van der Waals surface area contributed by atoms with Gasteiger partial charge in [0.2, 0.25) is 11.8 Å². The first kappa shape index (κ1) is 20.0. The van der Waals surface area contributed by atoms with Crippen LogP contribution < -0.4 is 10.2 Å². The number of rotatable bonds is 6. The third kappa shape index (κ3) is 5.18. The van der Waals surface area contributed by atoms with Gasteiger partial charge in [-0.2, -0.15) is 0 Å². The quantitative estimate of drug-likeness (QED) is 0.837. The Labute approximate surface area is 166 Å². The molecule has 1 fully saturated rings. The highest BCUT2D eigenvalue weighted by Crippen LogP contribution is 2.27. The zero-order valence-electron chi connectivity index (χ0n) is 16.6. The van der Waals surface area contributed by atoms with E-state index in [9.17, 15) is 9.59 Å². The van der Waals surface area contributed by atoms with Gasteiger partial charge in [0.1, 0.15) is 0 Å². The van der Waals surface area contributed by atoms with Crippen LogP contribution >= 0.6 is 0 Å². The number of carbonyl (C=O) groups excluding carboxylic acids is 2. The lowest BCUT2D eigenvalue weighted by atomic mass is 10.2. The topological polar surface area (TPSA) is 55.9 Å². The van der Waals surface area contributed by atoms with Crippen molar-refractivity contribution in [3.63, 3.8) is 0 Å². The lowest BCUT2D eigenvalue weighted by molar-refractivity contribution is -0.119. The number of hydrogen-bond acceptors (Lipinski definition) is 4. The van der Waals surface area contributed by atoms with Gasteiger partial charge in [0.15, 0.2) is 0 Å². The Kier molecular flexibility index (Phi) is 6.79. The molecular formula is C22H28N4O2. The van der Waals surface area contributed by atoms with Crippen molar-refractivity contribution in [2.24, 2.45) is 0 Å². The van der Waals surface area contributed by atoms with E-state index in [2.05, 4.69) is 22.2 Å². The first-order valence-corrected chi connectivity index (χ1v) is 9.75. The standard InChI is InChI=1S/C22H28N4O2/c1-3-21(27)23-18-9-11-20(12-10-18)26(19-7-5-4-6-8-19)22(28)17-25-15-13-24(2)14-16-25/h4-12H,3,13-17H2,1-2H3,(H,23,27). The number of nitrogens with one attached hydrogen (secondary N) is 1. The molecular weight excluding hydrogens is 352 g/mol. The van der Waals surface area contributed by atoms with Crippen molar-refractivity contribution in [2.45, 2.75) is 13.3 Å². The van der Waals surface area contributed by atoms with E-state index in [1.54, 1.807) is 4.90 Å². The second kappa shape index (κ2) is 9.48. The van der Waals surface area contributed by atoms with Crippen LogP contribution in [0.2, 0.25) is 0 Å². The van der Waals surface area contributed by atoms with E-state index in [0.29, 0.717) is 13.0 Å². The summed E-state index contributed by atoms with van der Waals surface area (Å²) in [6.45, 7) is 5.95. The van der Waals surface area contributed by atoms with Gasteiger partial charge in [-0.05, 0) is 43.4 Å². The van der Waals surface area contributed by atoms with Gasteiger partial charge in [0.25, 0.3) is 0 Å². The highest BCUT2D eigenvalue weighted by Gasteiger charge is 2.22. The number of amides is 2. The molecule has 6 heteroatoms. The average molecular weight is 380 g/mol. The van der Waals surface area contributed by atoms with Crippen molar-refractivity contribution in [2.75, 3.05) is 50.0 Å². The molecule has 6 nitrogen and oxygen atoms in total. The number of likely N-dealkylation sites (N-methyl/N-ethyl adjacent to an activating group) is 1. The van der Waals surface area contributed by atoms with Gasteiger partial charge >= 0.3 is 0 Å². The number of benzene rings is 2. The SMILES string of the molecule is CCC(=O)Nc1ccc(N(C(=O)CN2CCN(C)CC2)c2ccccc2)cc1. The van der Waals surface area contributed by atoms with Crippen molar-refractivity contribution in [3.05, 3.63) is 54.6 Å². The normalized spacial score (nSPS) is 15.2. The number of carbonyl (C=O) groups is 2. The summed E-state index contributed by atoms with van der Waals surface area (Å²) in [5, 5.41) is 2.84. The van der Waals surface area contributed by atoms with Crippen LogP contribution in [0.25, 0.3) is 0 Å². The largest absolute Gasteiger partial charge is 0.326 e. The summed E-state index contributed by atoms with van der Waals surface area (Å²) >= 11 is 0. The number of para-hydroxylation sites is 1. The van der Waals surface area contributed by atoms with E-state index in [0.717, 1.165) is 43.2 Å². The molecule has 148 valence electrons. The first-order valence-electron chi connectivity index (χ1n) is 9.75. The molecule has 0 bridgehead atoms. The number of anilines is 3. The molecule has 0 atom stereocenters. The summed E-state index contributed by atoms with van der Waals surface area (Å²) in [7, 11) is 2.11. The Morgan fingerprint density at radius 2 is 1.54 bits per heavy atom. The van der Waals surface area contributed by atoms with Crippen molar-refractivity contribution in [1.29, 1.82) is 0 Å². The van der Waals surface area contributed by atoms with Crippen molar-refractivity contribution in [3.8, 4) is 0 Å². The van der Waals surface area contributed by atoms with Crippen molar-refractivity contribution in [1.82, 2.24) is 9.80 Å². The molecule has 3 rings (SSSR count). The summed E-state index contributed by atoms with van der Waals surface area (Å²) in [5.41, 5.74) is 2.36. The van der Waals surface area contributed by atoms with Crippen LogP contribution in [0.15, 0.2) is 54.6 Å². The lowest BCUT2D eigenvalue weighted by Crippen LogP contribution is -2.48. The second-order valence-electron chi connectivity index (χ2n) is 7.09. The van der Waals surface area contributed by atoms with Gasteiger partial charge < -0.3 is 10.2 Å². The maximum atomic E-state index is 13.2. The Balaban J connectivity index is 1.79. The van der Waals surface area contributed by atoms with Crippen LogP contribution in [0.5, 0.6) is 0 Å². The predicted molar refractivity (Wildman–Crippen MR) is 113 cm³/mol. The van der Waals surface area contributed by atoms with Gasteiger partial charge in [-0.15, -0.1) is 0 Å². The number of nitrogens with zero attached hydrogens (tertiary/aromatic N) is 3. The molecule has 2 aromatic carbocycles. The van der Waals surface area contributed by atoms with Crippen LogP contribution in [0.1, 0.15) is 13.3 Å². The second-order valence-corrected chi connectivity index (χ2v) is 7.09. The maximum absolute atomic E-state index is 13.2. The molecule has 1 aliphatic rings. The van der Waals surface area contributed by atoms with E-state index in [1.165, 1.54) is 0 Å². The van der Waals surface area contributed by atoms with Crippen LogP contribution in [-0.4, -0.2) is 61.4 Å². The molecule has 1 saturated heterocycles. The first-order chi connectivity index (χ1) is 13.6. The monoisotopic (exact) mass is 380 g/mol. The van der Waals surface area contributed by atoms with Gasteiger partial charge in [-0.25, -0.2) is 0 Å². The van der Waals surface area contributed by atoms with E-state index in [4.69, 9.17) is 0 Å². The minimum Gasteiger partial charge on any atom is -0.326 e. The molecule has 0 aromatic heterocycles. The maximum Gasteiger partial charge on any atom is 0.245 e. The molecule has 1 N–H and O–H groups in total. The third-order valence-corrected chi connectivity index (χ3v) is 4.95. The Morgan fingerprint density at radius 1 is 0.929 bits per heavy atom. The third-order valence-electron chi connectivity index (χ3n) is 4.95. The van der Waals surface area contributed by atoms with E-state index in [1.807, 2.05) is 61.5 Å². The highest BCUT2D eigenvalue weighted by atomic mass is 16.2. The van der Waals surface area contributed by atoms with E-state index >= 15 is 0 Å². The van der Waals surface area contributed by atoms with Crippen LogP contribution in [0, 0.1) is 0 Å².